The van der Waals surface area contributed by atoms with E-state index in [1.165, 1.54) is 21.7 Å². The molecule has 1 saturated heterocycles. The van der Waals surface area contributed by atoms with Crippen LogP contribution in [0.4, 0.5) is 0 Å². The van der Waals surface area contributed by atoms with Crippen LogP contribution in [0.3, 0.4) is 0 Å². The summed E-state index contributed by atoms with van der Waals surface area (Å²) in [5.41, 5.74) is 2.19. The Kier molecular flexibility index (Phi) is 4.42. The molecule has 21 heavy (non-hydrogen) atoms. The van der Waals surface area contributed by atoms with Gasteiger partial charge in [0.15, 0.2) is 0 Å². The largest absolute Gasteiger partial charge is 0.373 e. The van der Waals surface area contributed by atoms with E-state index in [9.17, 15) is 0 Å². The summed E-state index contributed by atoms with van der Waals surface area (Å²) in [5.74, 6) is 0.922. The maximum Gasteiger partial charge on any atom is 0.138 e. The lowest BCUT2D eigenvalue weighted by Gasteiger charge is -2.15. The van der Waals surface area contributed by atoms with Crippen LogP contribution in [-0.4, -0.2) is 23.7 Å². The van der Waals surface area contributed by atoms with Crippen molar-refractivity contribution < 1.29 is 9.26 Å². The van der Waals surface area contributed by atoms with Crippen molar-refractivity contribution in [3.8, 4) is 0 Å². The first-order chi connectivity index (χ1) is 10.1. The third-order valence-electron chi connectivity index (χ3n) is 3.96. The highest BCUT2D eigenvalue weighted by atomic mass is 32.1. The molecule has 0 radical (unpaired) electrons. The molecule has 2 aromatic rings. The van der Waals surface area contributed by atoms with Gasteiger partial charge in [0.05, 0.1) is 11.8 Å². The van der Waals surface area contributed by atoms with Crippen LogP contribution in [0.1, 0.15) is 45.7 Å². The van der Waals surface area contributed by atoms with Gasteiger partial charge in [0, 0.05) is 35.0 Å². The second-order valence-corrected chi connectivity index (χ2v) is 6.98. The minimum absolute atomic E-state index is 0.330. The lowest BCUT2D eigenvalue weighted by molar-refractivity contribution is 0.114. The summed E-state index contributed by atoms with van der Waals surface area (Å²) in [6, 6.07) is 4.45. The molecule has 3 rings (SSSR count). The van der Waals surface area contributed by atoms with Gasteiger partial charge in [-0.3, -0.25) is 4.90 Å². The van der Waals surface area contributed by atoms with E-state index in [0.29, 0.717) is 6.10 Å². The Bertz CT molecular complexity index is 580. The fraction of sp³-hybridized carbons (Fsp3) is 0.562. The average molecular weight is 306 g/mol. The molecule has 1 aliphatic rings. The predicted molar refractivity (Wildman–Crippen MR) is 83.4 cm³/mol. The highest BCUT2D eigenvalue weighted by Crippen LogP contribution is 2.33. The first kappa shape index (κ1) is 14.8. The zero-order valence-corrected chi connectivity index (χ0v) is 13.7. The lowest BCUT2D eigenvalue weighted by atomic mass is 10.2. The summed E-state index contributed by atoms with van der Waals surface area (Å²) < 4.78 is 11.0. The Morgan fingerprint density at radius 1 is 1.33 bits per heavy atom. The van der Waals surface area contributed by atoms with E-state index in [1.54, 1.807) is 0 Å². The fourth-order valence-electron chi connectivity index (χ4n) is 2.77. The summed E-state index contributed by atoms with van der Waals surface area (Å²) in [6.07, 6.45) is 2.68. The van der Waals surface area contributed by atoms with Crippen LogP contribution < -0.4 is 0 Å². The molecule has 0 bridgehead atoms. The standard InChI is InChI=1S/C16H22N2O2S/c1-11-14(12(2)20-17-11)10-18(3)9-13-6-7-16(21-13)15-5-4-8-19-15/h6-7,15H,4-5,8-10H2,1-3H3. The van der Waals surface area contributed by atoms with Crippen LogP contribution in [0.2, 0.25) is 0 Å². The summed E-state index contributed by atoms with van der Waals surface area (Å²) in [4.78, 5) is 5.06. The quantitative estimate of drug-likeness (QED) is 0.841. The second kappa shape index (κ2) is 6.30. The van der Waals surface area contributed by atoms with Crippen molar-refractivity contribution in [2.24, 2.45) is 0 Å². The molecule has 0 amide bonds. The molecule has 2 aromatic heterocycles. The van der Waals surface area contributed by atoms with Crippen molar-refractivity contribution in [3.63, 3.8) is 0 Å². The van der Waals surface area contributed by atoms with Crippen molar-refractivity contribution in [2.75, 3.05) is 13.7 Å². The van der Waals surface area contributed by atoms with Gasteiger partial charge in [0.2, 0.25) is 0 Å². The van der Waals surface area contributed by atoms with Crippen LogP contribution in [-0.2, 0) is 17.8 Å². The first-order valence-electron chi connectivity index (χ1n) is 7.44. The fourth-order valence-corrected chi connectivity index (χ4v) is 3.95. The number of aromatic nitrogens is 1. The van der Waals surface area contributed by atoms with Crippen LogP contribution in [0.25, 0.3) is 0 Å². The molecule has 0 saturated carbocycles. The third kappa shape index (κ3) is 3.36. The Hall–Kier alpha value is -1.17. The molecule has 1 atom stereocenters. The van der Waals surface area contributed by atoms with Crippen molar-refractivity contribution in [3.05, 3.63) is 38.9 Å². The van der Waals surface area contributed by atoms with Gasteiger partial charge in [-0.05, 0) is 45.9 Å². The molecular formula is C16H22N2O2S. The molecule has 114 valence electrons. The monoisotopic (exact) mass is 306 g/mol. The van der Waals surface area contributed by atoms with Gasteiger partial charge < -0.3 is 9.26 Å². The van der Waals surface area contributed by atoms with Gasteiger partial charge in [-0.25, -0.2) is 0 Å². The maximum atomic E-state index is 5.75. The minimum atomic E-state index is 0.330. The topological polar surface area (TPSA) is 38.5 Å². The lowest BCUT2D eigenvalue weighted by Crippen LogP contribution is -2.17. The number of ether oxygens (including phenoxy) is 1. The normalized spacial score (nSPS) is 18.8. The number of aryl methyl sites for hydroxylation is 2. The Morgan fingerprint density at radius 3 is 2.86 bits per heavy atom. The van der Waals surface area contributed by atoms with Gasteiger partial charge in [-0.1, -0.05) is 5.16 Å². The highest BCUT2D eigenvalue weighted by molar-refractivity contribution is 7.12. The van der Waals surface area contributed by atoms with Gasteiger partial charge in [-0.15, -0.1) is 11.3 Å². The minimum Gasteiger partial charge on any atom is -0.373 e. The Morgan fingerprint density at radius 2 is 2.19 bits per heavy atom. The van der Waals surface area contributed by atoms with E-state index in [0.717, 1.165) is 37.6 Å². The van der Waals surface area contributed by atoms with Crippen molar-refractivity contribution in [2.45, 2.75) is 45.9 Å². The van der Waals surface area contributed by atoms with Crippen LogP contribution in [0, 0.1) is 13.8 Å². The Balaban J connectivity index is 1.61. The number of hydrogen-bond acceptors (Lipinski definition) is 5. The molecule has 4 nitrogen and oxygen atoms in total. The van der Waals surface area contributed by atoms with E-state index in [2.05, 4.69) is 29.2 Å². The molecule has 0 spiro atoms. The molecule has 1 aliphatic heterocycles. The summed E-state index contributed by atoms with van der Waals surface area (Å²) >= 11 is 1.87. The van der Waals surface area contributed by atoms with E-state index >= 15 is 0 Å². The van der Waals surface area contributed by atoms with Gasteiger partial charge in [-0.2, -0.15) is 0 Å². The summed E-state index contributed by atoms with van der Waals surface area (Å²) in [5, 5.41) is 4.02. The molecule has 0 aromatic carbocycles. The van der Waals surface area contributed by atoms with Gasteiger partial charge in [0.1, 0.15) is 5.76 Å². The SMILES string of the molecule is Cc1noc(C)c1CN(C)Cc1ccc(C2CCCO2)s1. The van der Waals surface area contributed by atoms with Crippen molar-refractivity contribution >= 4 is 11.3 Å². The number of nitrogens with zero attached hydrogens (tertiary/aromatic N) is 2. The molecular weight excluding hydrogens is 284 g/mol. The second-order valence-electron chi connectivity index (χ2n) is 5.78. The number of hydrogen-bond donors (Lipinski definition) is 0. The maximum absolute atomic E-state index is 5.75. The zero-order valence-electron chi connectivity index (χ0n) is 12.9. The molecule has 5 heteroatoms. The zero-order chi connectivity index (χ0) is 14.8. The van der Waals surface area contributed by atoms with Crippen LogP contribution in [0.15, 0.2) is 16.7 Å². The Labute approximate surface area is 129 Å². The van der Waals surface area contributed by atoms with E-state index in [-0.39, 0.29) is 0 Å². The summed E-state index contributed by atoms with van der Waals surface area (Å²) in [7, 11) is 2.14. The van der Waals surface area contributed by atoms with Crippen LogP contribution in [0.5, 0.6) is 0 Å². The highest BCUT2D eigenvalue weighted by Gasteiger charge is 2.20. The molecule has 1 fully saturated rings. The van der Waals surface area contributed by atoms with Gasteiger partial charge >= 0.3 is 0 Å². The summed E-state index contributed by atoms with van der Waals surface area (Å²) in [6.45, 7) is 6.70. The smallest absolute Gasteiger partial charge is 0.138 e. The van der Waals surface area contributed by atoms with E-state index in [4.69, 9.17) is 9.26 Å². The number of thiophene rings is 1. The first-order valence-corrected chi connectivity index (χ1v) is 8.25. The van der Waals surface area contributed by atoms with Gasteiger partial charge in [0.25, 0.3) is 0 Å². The van der Waals surface area contributed by atoms with E-state index < -0.39 is 0 Å². The molecule has 1 unspecified atom stereocenters. The molecule has 3 heterocycles. The van der Waals surface area contributed by atoms with E-state index in [1.807, 2.05) is 25.2 Å². The average Bonchev–Trinajstić information content (AvgIpc) is 3.16. The van der Waals surface area contributed by atoms with Crippen LogP contribution >= 0.6 is 11.3 Å². The van der Waals surface area contributed by atoms with Crippen molar-refractivity contribution in [1.82, 2.24) is 10.1 Å². The predicted octanol–water partition coefficient (Wildman–Crippen LogP) is 3.84. The number of rotatable bonds is 5. The van der Waals surface area contributed by atoms with Crippen molar-refractivity contribution in [1.29, 1.82) is 0 Å². The molecule has 0 aliphatic carbocycles. The molecule has 0 N–H and O–H groups in total. The third-order valence-corrected chi connectivity index (χ3v) is 5.13.